The first-order valence-corrected chi connectivity index (χ1v) is 4.04. The summed E-state index contributed by atoms with van der Waals surface area (Å²) in [5.74, 6) is 5.50. The second kappa shape index (κ2) is 3.03. The Morgan fingerprint density at radius 3 is 2.85 bits per heavy atom. The van der Waals surface area contributed by atoms with Crippen molar-refractivity contribution in [1.82, 2.24) is 4.98 Å². The molecule has 0 unspecified atom stereocenters. The van der Waals surface area contributed by atoms with Crippen LogP contribution in [0.15, 0.2) is 30.3 Å². The van der Waals surface area contributed by atoms with E-state index >= 15 is 0 Å². The van der Waals surface area contributed by atoms with Crippen LogP contribution in [0, 0.1) is 6.92 Å². The molecule has 0 bridgehead atoms. The molecule has 1 aromatic heterocycles. The van der Waals surface area contributed by atoms with Crippen molar-refractivity contribution in [2.24, 2.45) is 5.90 Å². The van der Waals surface area contributed by atoms with Gasteiger partial charge in [-0.2, -0.15) is 5.90 Å². The number of pyridine rings is 1. The molecule has 0 atom stereocenters. The van der Waals surface area contributed by atoms with E-state index in [2.05, 4.69) is 9.82 Å². The fraction of sp³-hybridized carbons (Fsp3) is 0.100. The molecule has 0 aliphatic heterocycles. The van der Waals surface area contributed by atoms with Gasteiger partial charge in [-0.05, 0) is 18.6 Å². The van der Waals surface area contributed by atoms with Crippen molar-refractivity contribution in [2.45, 2.75) is 6.92 Å². The fourth-order valence-electron chi connectivity index (χ4n) is 1.38. The van der Waals surface area contributed by atoms with Gasteiger partial charge in [0.15, 0.2) is 0 Å². The van der Waals surface area contributed by atoms with Gasteiger partial charge >= 0.3 is 0 Å². The van der Waals surface area contributed by atoms with Gasteiger partial charge in [0.05, 0.1) is 5.52 Å². The number of hydrogen-bond donors (Lipinski definition) is 1. The van der Waals surface area contributed by atoms with E-state index in [-0.39, 0.29) is 0 Å². The number of aryl methyl sites for hydroxylation is 1. The first-order chi connectivity index (χ1) is 6.31. The van der Waals surface area contributed by atoms with Gasteiger partial charge < -0.3 is 4.84 Å². The summed E-state index contributed by atoms with van der Waals surface area (Å²) in [5.41, 5.74) is 2.02. The molecule has 1 aromatic carbocycles. The molecule has 2 N–H and O–H groups in total. The average Bonchev–Trinajstić information content (AvgIpc) is 2.18. The van der Waals surface area contributed by atoms with Crippen molar-refractivity contribution in [3.8, 4) is 5.88 Å². The molecule has 3 heteroatoms. The minimum Gasteiger partial charge on any atom is -0.391 e. The normalized spacial score (nSPS) is 10.3. The quantitative estimate of drug-likeness (QED) is 0.670. The fourth-order valence-corrected chi connectivity index (χ4v) is 1.38. The predicted molar refractivity (Wildman–Crippen MR) is 51.3 cm³/mol. The number of nitrogens with zero attached hydrogens (tertiary/aromatic N) is 1. The van der Waals surface area contributed by atoms with Crippen LogP contribution in [0.4, 0.5) is 0 Å². The zero-order chi connectivity index (χ0) is 9.26. The molecular formula is C10H10N2O. The summed E-state index contributed by atoms with van der Waals surface area (Å²) in [6.45, 7) is 2.01. The summed E-state index contributed by atoms with van der Waals surface area (Å²) in [4.78, 5) is 8.80. The third-order valence-electron chi connectivity index (χ3n) is 2.02. The van der Waals surface area contributed by atoms with E-state index in [9.17, 15) is 0 Å². The van der Waals surface area contributed by atoms with E-state index < -0.39 is 0 Å². The number of fused-ring (bicyclic) bond motifs is 1. The van der Waals surface area contributed by atoms with Crippen LogP contribution in [-0.4, -0.2) is 4.98 Å². The summed E-state index contributed by atoms with van der Waals surface area (Å²) in [6, 6.07) is 9.71. The van der Waals surface area contributed by atoms with Crippen molar-refractivity contribution in [3.63, 3.8) is 0 Å². The molecule has 2 aromatic rings. The largest absolute Gasteiger partial charge is 0.391 e. The Morgan fingerprint density at radius 2 is 2.08 bits per heavy atom. The highest BCUT2D eigenvalue weighted by Gasteiger charge is 2.01. The second-order valence-electron chi connectivity index (χ2n) is 2.91. The van der Waals surface area contributed by atoms with Crippen LogP contribution in [0.3, 0.4) is 0 Å². The summed E-state index contributed by atoms with van der Waals surface area (Å²) in [5, 5.41) is 1.13. The highest BCUT2D eigenvalue weighted by Crippen LogP contribution is 2.20. The lowest BCUT2D eigenvalue weighted by molar-refractivity contribution is 0.322. The molecule has 13 heavy (non-hydrogen) atoms. The van der Waals surface area contributed by atoms with Crippen LogP contribution >= 0.6 is 0 Å². The Labute approximate surface area is 76.1 Å². The van der Waals surface area contributed by atoms with Crippen LogP contribution in [0.5, 0.6) is 5.88 Å². The van der Waals surface area contributed by atoms with Crippen molar-refractivity contribution >= 4 is 10.9 Å². The minimum absolute atomic E-state index is 0.455. The van der Waals surface area contributed by atoms with Gasteiger partial charge in [-0.25, -0.2) is 4.98 Å². The number of hydrogen-bond acceptors (Lipinski definition) is 3. The molecule has 0 aliphatic rings. The van der Waals surface area contributed by atoms with E-state index in [1.807, 2.05) is 37.3 Å². The maximum Gasteiger partial charge on any atom is 0.238 e. The van der Waals surface area contributed by atoms with Crippen molar-refractivity contribution in [3.05, 3.63) is 35.9 Å². The molecule has 0 saturated heterocycles. The average molecular weight is 174 g/mol. The van der Waals surface area contributed by atoms with E-state index in [1.54, 1.807) is 0 Å². The lowest BCUT2D eigenvalue weighted by atomic mass is 10.1. The van der Waals surface area contributed by atoms with Crippen molar-refractivity contribution in [1.29, 1.82) is 0 Å². The minimum atomic E-state index is 0.455. The molecule has 0 radical (unpaired) electrons. The number of para-hydroxylation sites is 1. The number of benzene rings is 1. The lowest BCUT2D eigenvalue weighted by Gasteiger charge is -2.03. The lowest BCUT2D eigenvalue weighted by Crippen LogP contribution is -2.03. The van der Waals surface area contributed by atoms with Gasteiger partial charge in [-0.3, -0.25) is 0 Å². The first-order valence-electron chi connectivity index (χ1n) is 4.04. The van der Waals surface area contributed by atoms with Crippen LogP contribution in [0.1, 0.15) is 5.56 Å². The number of rotatable bonds is 1. The summed E-state index contributed by atoms with van der Waals surface area (Å²) < 4.78 is 0. The molecule has 3 nitrogen and oxygen atoms in total. The van der Waals surface area contributed by atoms with E-state index in [0.29, 0.717) is 5.88 Å². The van der Waals surface area contributed by atoms with Crippen LogP contribution in [0.25, 0.3) is 10.9 Å². The van der Waals surface area contributed by atoms with Gasteiger partial charge in [0.2, 0.25) is 5.88 Å². The topological polar surface area (TPSA) is 48.1 Å². The van der Waals surface area contributed by atoms with Gasteiger partial charge in [0, 0.05) is 11.5 Å². The summed E-state index contributed by atoms with van der Waals surface area (Å²) >= 11 is 0. The molecule has 1 heterocycles. The van der Waals surface area contributed by atoms with Crippen molar-refractivity contribution < 1.29 is 4.84 Å². The molecule has 0 spiro atoms. The molecule has 0 amide bonds. The molecular weight excluding hydrogens is 164 g/mol. The van der Waals surface area contributed by atoms with Crippen LogP contribution in [-0.2, 0) is 0 Å². The van der Waals surface area contributed by atoms with Gasteiger partial charge in [-0.15, -0.1) is 0 Å². The van der Waals surface area contributed by atoms with Gasteiger partial charge in [-0.1, -0.05) is 18.2 Å². The second-order valence-corrected chi connectivity index (χ2v) is 2.91. The Morgan fingerprint density at radius 1 is 1.31 bits per heavy atom. The third-order valence-corrected chi connectivity index (χ3v) is 2.02. The van der Waals surface area contributed by atoms with Gasteiger partial charge in [0.1, 0.15) is 0 Å². The molecule has 0 aliphatic carbocycles. The Balaban J connectivity index is 2.77. The van der Waals surface area contributed by atoms with Crippen LogP contribution in [0.2, 0.25) is 0 Å². The number of aromatic nitrogens is 1. The smallest absolute Gasteiger partial charge is 0.238 e. The predicted octanol–water partition coefficient (Wildman–Crippen LogP) is 1.80. The van der Waals surface area contributed by atoms with E-state index in [1.165, 1.54) is 0 Å². The zero-order valence-electron chi connectivity index (χ0n) is 7.32. The summed E-state index contributed by atoms with van der Waals surface area (Å²) in [7, 11) is 0. The first kappa shape index (κ1) is 8.01. The monoisotopic (exact) mass is 174 g/mol. The SMILES string of the molecule is Cc1cc(ON)nc2ccccc12. The van der Waals surface area contributed by atoms with E-state index in [4.69, 9.17) is 5.90 Å². The molecule has 0 saturated carbocycles. The maximum absolute atomic E-state index is 5.05. The molecule has 2 rings (SSSR count). The maximum atomic E-state index is 5.05. The Kier molecular flexibility index (Phi) is 1.87. The molecule has 0 fully saturated rings. The highest BCUT2D eigenvalue weighted by molar-refractivity contribution is 5.82. The Hall–Kier alpha value is -1.61. The highest BCUT2D eigenvalue weighted by atomic mass is 16.6. The molecule has 66 valence electrons. The van der Waals surface area contributed by atoms with Crippen molar-refractivity contribution in [2.75, 3.05) is 0 Å². The van der Waals surface area contributed by atoms with E-state index in [0.717, 1.165) is 16.5 Å². The third kappa shape index (κ3) is 1.34. The summed E-state index contributed by atoms with van der Waals surface area (Å²) in [6.07, 6.45) is 0. The standard InChI is InChI=1S/C10H10N2O/c1-7-6-10(13-11)12-9-5-3-2-4-8(7)9/h2-6H,11H2,1H3. The Bertz CT molecular complexity index is 440. The van der Waals surface area contributed by atoms with Gasteiger partial charge in [0.25, 0.3) is 0 Å². The van der Waals surface area contributed by atoms with Crippen LogP contribution < -0.4 is 10.7 Å². The zero-order valence-corrected chi connectivity index (χ0v) is 7.32. The number of nitrogens with two attached hydrogens (primary N) is 1.